The molecule has 0 saturated carbocycles. The summed E-state index contributed by atoms with van der Waals surface area (Å²) < 4.78 is 0. The van der Waals surface area contributed by atoms with E-state index in [2.05, 4.69) is 11.8 Å². The van der Waals surface area contributed by atoms with Gasteiger partial charge in [-0.2, -0.15) is 0 Å². The van der Waals surface area contributed by atoms with E-state index < -0.39 is 10.9 Å². The van der Waals surface area contributed by atoms with Crippen LogP contribution < -0.4 is 4.90 Å². The first-order valence-corrected chi connectivity index (χ1v) is 7.24. The van der Waals surface area contributed by atoms with Gasteiger partial charge in [0.25, 0.3) is 11.7 Å². The van der Waals surface area contributed by atoms with Crippen molar-refractivity contribution < 1.29 is 19.9 Å². The number of phenols is 1. The zero-order valence-electron chi connectivity index (χ0n) is 13.6. The minimum Gasteiger partial charge on any atom is -0.508 e. The predicted molar refractivity (Wildman–Crippen MR) is 84.9 cm³/mol. The molecule has 0 aromatic heterocycles. The van der Waals surface area contributed by atoms with Crippen LogP contribution >= 0.6 is 0 Å². The van der Waals surface area contributed by atoms with Gasteiger partial charge in [-0.25, -0.2) is 0 Å². The van der Waals surface area contributed by atoms with Crippen LogP contribution in [0.3, 0.4) is 0 Å². The number of rotatable bonds is 1. The highest BCUT2D eigenvalue weighted by atomic mass is 16.6. The maximum atomic E-state index is 11.2. The maximum Gasteiger partial charge on any atom is 0.300 e. The average Bonchev–Trinajstić information content (AvgIpc) is 2.83. The van der Waals surface area contributed by atoms with E-state index in [1.807, 2.05) is 19.0 Å². The van der Waals surface area contributed by atoms with E-state index in [-0.39, 0.29) is 23.0 Å². The molecule has 2 heterocycles. The van der Waals surface area contributed by atoms with Crippen molar-refractivity contribution in [2.45, 2.75) is 31.8 Å². The van der Waals surface area contributed by atoms with Gasteiger partial charge in [0.05, 0.1) is 17.2 Å². The van der Waals surface area contributed by atoms with Gasteiger partial charge in [0.2, 0.25) is 0 Å². The second kappa shape index (κ2) is 5.69. The Balaban J connectivity index is 0.000000433. The number of fused-ring (bicyclic) bond motifs is 3. The fraction of sp³-hybridized carbons (Fsp3) is 0.533. The van der Waals surface area contributed by atoms with E-state index in [1.54, 1.807) is 6.07 Å². The lowest BCUT2D eigenvalue weighted by molar-refractivity contribution is -0.384. The van der Waals surface area contributed by atoms with Crippen molar-refractivity contribution in [2.24, 2.45) is 0 Å². The third kappa shape index (κ3) is 2.70. The molecule has 1 fully saturated rings. The highest BCUT2D eigenvalue weighted by molar-refractivity contribution is 5.76. The molecule has 3 rings (SSSR count). The van der Waals surface area contributed by atoms with Gasteiger partial charge in [-0.1, -0.05) is 6.92 Å². The van der Waals surface area contributed by atoms with Gasteiger partial charge in [-0.3, -0.25) is 19.8 Å². The number of carbonyl (C=O) groups is 1. The topological polar surface area (TPSA) is 107 Å². The summed E-state index contributed by atoms with van der Waals surface area (Å²) in [6, 6.07) is 2.91. The van der Waals surface area contributed by atoms with E-state index in [0.29, 0.717) is 5.69 Å². The maximum absolute atomic E-state index is 11.2. The van der Waals surface area contributed by atoms with Crippen molar-refractivity contribution in [1.29, 1.82) is 0 Å². The Morgan fingerprint density at radius 2 is 2.00 bits per heavy atom. The molecule has 2 N–H and O–H groups in total. The summed E-state index contributed by atoms with van der Waals surface area (Å²) in [5.41, 5.74) is 1.35. The Hall–Kier alpha value is -2.35. The number of nitrogens with zero attached hydrogens (tertiary/aromatic N) is 3. The number of carboxylic acids is 1. The lowest BCUT2D eigenvalue weighted by Crippen LogP contribution is -2.45. The number of likely N-dealkylation sites (N-methyl/N-ethyl adjacent to an activating group) is 2. The SMILES string of the molecule is CC(=O)O.CN1CCC2(C)c3cc(O)cc([N+](=O)[O-])c3N(C)C12. The molecule has 0 amide bonds. The van der Waals surface area contributed by atoms with Crippen LogP contribution in [0.25, 0.3) is 0 Å². The van der Waals surface area contributed by atoms with Crippen molar-refractivity contribution in [3.8, 4) is 5.75 Å². The lowest BCUT2D eigenvalue weighted by Gasteiger charge is -2.32. The number of phenolic OH excluding ortho intramolecular Hbond substituents is 1. The lowest BCUT2D eigenvalue weighted by atomic mass is 9.81. The van der Waals surface area contributed by atoms with Crippen molar-refractivity contribution in [3.63, 3.8) is 0 Å². The van der Waals surface area contributed by atoms with Crippen molar-refractivity contribution in [2.75, 3.05) is 25.5 Å². The molecule has 2 aliphatic rings. The Morgan fingerprint density at radius 3 is 2.52 bits per heavy atom. The van der Waals surface area contributed by atoms with Crippen LogP contribution in [0, 0.1) is 10.1 Å². The number of hydrogen-bond donors (Lipinski definition) is 2. The van der Waals surface area contributed by atoms with Gasteiger partial charge in [0, 0.05) is 25.9 Å². The van der Waals surface area contributed by atoms with Crippen molar-refractivity contribution >= 4 is 17.3 Å². The van der Waals surface area contributed by atoms with E-state index in [4.69, 9.17) is 9.90 Å². The molecule has 8 heteroatoms. The molecule has 23 heavy (non-hydrogen) atoms. The summed E-state index contributed by atoms with van der Waals surface area (Å²) >= 11 is 0. The van der Waals surface area contributed by atoms with Crippen LogP contribution in [0.2, 0.25) is 0 Å². The third-order valence-corrected chi connectivity index (χ3v) is 4.58. The second-order valence-corrected chi connectivity index (χ2v) is 6.27. The van der Waals surface area contributed by atoms with Crippen LogP contribution in [-0.4, -0.2) is 52.8 Å². The monoisotopic (exact) mass is 323 g/mol. The molecule has 0 aliphatic carbocycles. The highest BCUT2D eigenvalue weighted by Gasteiger charge is 2.54. The number of likely N-dealkylation sites (tertiary alicyclic amines) is 1. The number of aromatic hydroxyl groups is 1. The molecule has 0 radical (unpaired) electrons. The van der Waals surface area contributed by atoms with Crippen molar-refractivity contribution in [3.05, 3.63) is 27.8 Å². The normalized spacial score (nSPS) is 25.4. The van der Waals surface area contributed by atoms with Crippen LogP contribution in [0.5, 0.6) is 5.75 Å². The average molecular weight is 323 g/mol. The molecule has 126 valence electrons. The summed E-state index contributed by atoms with van der Waals surface area (Å²) in [7, 11) is 3.92. The van der Waals surface area contributed by atoms with Crippen LogP contribution in [0.15, 0.2) is 12.1 Å². The van der Waals surface area contributed by atoms with E-state index in [1.165, 1.54) is 6.07 Å². The number of nitro benzene ring substituents is 1. The van der Waals surface area contributed by atoms with Crippen LogP contribution in [0.1, 0.15) is 25.8 Å². The molecule has 1 aromatic rings. The minimum atomic E-state index is -0.833. The predicted octanol–water partition coefficient (Wildman–Crippen LogP) is 1.76. The second-order valence-electron chi connectivity index (χ2n) is 6.27. The smallest absolute Gasteiger partial charge is 0.300 e. The van der Waals surface area contributed by atoms with E-state index >= 15 is 0 Å². The molecule has 2 atom stereocenters. The summed E-state index contributed by atoms with van der Waals surface area (Å²) in [6.07, 6.45) is 1.05. The quantitative estimate of drug-likeness (QED) is 0.599. The fourth-order valence-electron chi connectivity index (χ4n) is 3.82. The first kappa shape index (κ1) is 17.0. The third-order valence-electron chi connectivity index (χ3n) is 4.58. The molecule has 2 unspecified atom stereocenters. The minimum absolute atomic E-state index is 0.0125. The first-order chi connectivity index (χ1) is 10.6. The molecule has 8 nitrogen and oxygen atoms in total. The zero-order valence-corrected chi connectivity index (χ0v) is 13.6. The fourth-order valence-corrected chi connectivity index (χ4v) is 3.82. The summed E-state index contributed by atoms with van der Waals surface area (Å²) in [5, 5.41) is 28.4. The Labute approximate surface area is 134 Å². The Bertz CT molecular complexity index is 659. The van der Waals surface area contributed by atoms with Gasteiger partial charge in [-0.15, -0.1) is 0 Å². The first-order valence-electron chi connectivity index (χ1n) is 7.24. The Morgan fingerprint density at radius 1 is 1.43 bits per heavy atom. The van der Waals surface area contributed by atoms with E-state index in [0.717, 1.165) is 25.5 Å². The summed E-state index contributed by atoms with van der Waals surface area (Å²) in [6.45, 7) is 4.15. The zero-order chi connectivity index (χ0) is 17.5. The number of benzene rings is 1. The standard InChI is InChI=1S/C13H17N3O3.C2H4O2/c1-13-4-5-14(2)12(13)15(3)11-9(13)6-8(17)7-10(11)16(18)19;1-2(3)4/h6-7,12,17H,4-5H2,1-3H3;1H3,(H,3,4). The highest BCUT2D eigenvalue weighted by Crippen LogP contribution is 2.54. The number of anilines is 1. The number of carboxylic acid groups (broad SMARTS) is 1. The largest absolute Gasteiger partial charge is 0.508 e. The molecule has 1 aromatic carbocycles. The van der Waals surface area contributed by atoms with Gasteiger partial charge < -0.3 is 15.1 Å². The van der Waals surface area contributed by atoms with Crippen molar-refractivity contribution in [1.82, 2.24) is 4.90 Å². The molecule has 0 bridgehead atoms. The summed E-state index contributed by atoms with van der Waals surface area (Å²) in [5.74, 6) is -0.865. The molecular weight excluding hydrogens is 302 g/mol. The van der Waals surface area contributed by atoms with Crippen LogP contribution in [0.4, 0.5) is 11.4 Å². The Kier molecular flexibility index (Phi) is 4.21. The van der Waals surface area contributed by atoms with Gasteiger partial charge >= 0.3 is 0 Å². The van der Waals surface area contributed by atoms with Gasteiger partial charge in [0.1, 0.15) is 11.4 Å². The molecular formula is C15H21N3O5. The molecule has 1 saturated heterocycles. The number of nitro groups is 1. The van der Waals surface area contributed by atoms with Crippen LogP contribution in [-0.2, 0) is 10.2 Å². The molecule has 2 aliphatic heterocycles. The molecule has 0 spiro atoms. The van der Waals surface area contributed by atoms with E-state index in [9.17, 15) is 15.2 Å². The van der Waals surface area contributed by atoms with Gasteiger partial charge in [-0.05, 0) is 25.1 Å². The number of aliphatic carboxylic acids is 1. The summed E-state index contributed by atoms with van der Waals surface area (Å²) in [4.78, 5) is 24.0. The number of hydrogen-bond acceptors (Lipinski definition) is 6. The van der Waals surface area contributed by atoms with Gasteiger partial charge in [0.15, 0.2) is 0 Å².